The molecule has 0 aliphatic carbocycles. The summed E-state index contributed by atoms with van der Waals surface area (Å²) in [6, 6.07) is 2.20. The molecule has 0 N–H and O–H groups in total. The van der Waals surface area contributed by atoms with Crippen LogP contribution in [0.15, 0.2) is 12.1 Å². The van der Waals surface area contributed by atoms with Gasteiger partial charge in [-0.15, -0.1) is 0 Å². The number of rotatable bonds is 2. The topological polar surface area (TPSA) is 36.3 Å². The van der Waals surface area contributed by atoms with E-state index in [1.54, 1.807) is 4.90 Å². The van der Waals surface area contributed by atoms with Gasteiger partial charge in [0.15, 0.2) is 11.6 Å². The summed E-state index contributed by atoms with van der Waals surface area (Å²) in [4.78, 5) is 1.68. The Hall–Kier alpha value is -1.58. The Bertz CT molecular complexity index is 481. The lowest BCUT2D eigenvalue weighted by Gasteiger charge is -2.30. The first kappa shape index (κ1) is 12.9. The number of hydrogen-bond acceptors (Lipinski definition) is 3. The fraction of sp³-hybridized carbons (Fsp3) is 0.417. The van der Waals surface area contributed by atoms with Crippen LogP contribution in [-0.4, -0.2) is 31.2 Å². The van der Waals surface area contributed by atoms with Crippen LogP contribution in [0.4, 0.5) is 13.2 Å². The monoisotopic (exact) mass is 256 g/mol. The maximum Gasteiger partial charge on any atom is 0.161 e. The second-order valence-corrected chi connectivity index (χ2v) is 3.97. The van der Waals surface area contributed by atoms with Crippen LogP contribution in [-0.2, 0) is 4.74 Å². The van der Waals surface area contributed by atoms with Gasteiger partial charge in [0.05, 0.1) is 19.3 Å². The van der Waals surface area contributed by atoms with Gasteiger partial charge >= 0.3 is 0 Å². The van der Waals surface area contributed by atoms with Crippen molar-refractivity contribution in [3.05, 3.63) is 35.1 Å². The third-order valence-electron chi connectivity index (χ3n) is 2.87. The Morgan fingerprint density at radius 3 is 2.33 bits per heavy atom. The van der Waals surface area contributed by atoms with Gasteiger partial charge in [0.2, 0.25) is 0 Å². The Labute approximate surface area is 102 Å². The number of halogens is 3. The van der Waals surface area contributed by atoms with Crippen molar-refractivity contribution in [2.45, 2.75) is 6.04 Å². The fourth-order valence-corrected chi connectivity index (χ4v) is 1.93. The van der Waals surface area contributed by atoms with E-state index in [1.807, 2.05) is 6.07 Å². The molecule has 1 heterocycles. The normalized spacial score (nSPS) is 18.3. The summed E-state index contributed by atoms with van der Waals surface area (Å²) in [6.45, 7) is 1.78. The lowest BCUT2D eigenvalue weighted by Crippen LogP contribution is -2.39. The first-order chi connectivity index (χ1) is 8.63. The van der Waals surface area contributed by atoms with Crippen LogP contribution < -0.4 is 0 Å². The molecule has 1 saturated heterocycles. The first-order valence-corrected chi connectivity index (χ1v) is 5.49. The highest BCUT2D eigenvalue weighted by Gasteiger charge is 2.26. The van der Waals surface area contributed by atoms with E-state index in [0.717, 1.165) is 6.07 Å². The zero-order valence-electron chi connectivity index (χ0n) is 9.50. The van der Waals surface area contributed by atoms with Gasteiger partial charge in [0.25, 0.3) is 0 Å². The standard InChI is InChI=1S/C12H11F3N2O/c13-9-6-11(15)10(14)5-8(9)12(7-16)17-1-3-18-4-2-17/h5-6,12H,1-4H2. The molecule has 6 heteroatoms. The minimum Gasteiger partial charge on any atom is -0.379 e. The van der Waals surface area contributed by atoms with Crippen molar-refractivity contribution in [2.24, 2.45) is 0 Å². The van der Waals surface area contributed by atoms with Crippen molar-refractivity contribution in [1.29, 1.82) is 5.26 Å². The highest BCUT2D eigenvalue weighted by atomic mass is 19.2. The number of nitrogens with zero attached hydrogens (tertiary/aromatic N) is 2. The summed E-state index contributed by atoms with van der Waals surface area (Å²) in [5.41, 5.74) is -0.140. The predicted molar refractivity (Wildman–Crippen MR) is 57.1 cm³/mol. The van der Waals surface area contributed by atoms with E-state index < -0.39 is 23.5 Å². The summed E-state index contributed by atoms with van der Waals surface area (Å²) in [6.07, 6.45) is 0. The number of hydrogen-bond donors (Lipinski definition) is 0. The quantitative estimate of drug-likeness (QED) is 0.759. The summed E-state index contributed by atoms with van der Waals surface area (Å²) in [5.74, 6) is -3.32. The van der Waals surface area contributed by atoms with Gasteiger partial charge in [-0.3, -0.25) is 4.90 Å². The number of ether oxygens (including phenoxy) is 1. The predicted octanol–water partition coefficient (Wildman–Crippen LogP) is 2.00. The number of benzene rings is 1. The molecule has 0 spiro atoms. The SMILES string of the molecule is N#CC(c1cc(F)c(F)cc1F)N1CCOCC1. The second-order valence-electron chi connectivity index (χ2n) is 3.97. The maximum atomic E-state index is 13.6. The van der Waals surface area contributed by atoms with E-state index in [9.17, 15) is 13.2 Å². The van der Waals surface area contributed by atoms with Crippen molar-refractivity contribution < 1.29 is 17.9 Å². The Morgan fingerprint density at radius 2 is 1.72 bits per heavy atom. The number of nitriles is 1. The molecule has 1 aromatic rings. The van der Waals surface area contributed by atoms with Crippen LogP contribution in [0, 0.1) is 28.8 Å². The molecule has 0 aromatic heterocycles. The molecule has 18 heavy (non-hydrogen) atoms. The minimum atomic E-state index is -1.25. The van der Waals surface area contributed by atoms with Gasteiger partial charge in [0, 0.05) is 24.7 Å². The smallest absolute Gasteiger partial charge is 0.161 e. The summed E-state index contributed by atoms with van der Waals surface area (Å²) >= 11 is 0. The van der Waals surface area contributed by atoms with Crippen LogP contribution >= 0.6 is 0 Å². The molecular weight excluding hydrogens is 245 g/mol. The molecule has 2 rings (SSSR count). The van der Waals surface area contributed by atoms with E-state index in [0.29, 0.717) is 32.4 Å². The molecule has 0 saturated carbocycles. The van der Waals surface area contributed by atoms with E-state index >= 15 is 0 Å². The molecule has 1 unspecified atom stereocenters. The van der Waals surface area contributed by atoms with Gasteiger partial charge in [-0.05, 0) is 6.07 Å². The van der Waals surface area contributed by atoms with Crippen LogP contribution in [0.25, 0.3) is 0 Å². The lowest BCUT2D eigenvalue weighted by molar-refractivity contribution is 0.0260. The number of morpholine rings is 1. The minimum absolute atomic E-state index is 0.140. The molecule has 0 bridgehead atoms. The maximum absolute atomic E-state index is 13.6. The fourth-order valence-electron chi connectivity index (χ4n) is 1.93. The van der Waals surface area contributed by atoms with Crippen molar-refractivity contribution in [3.8, 4) is 6.07 Å². The Balaban J connectivity index is 2.32. The van der Waals surface area contributed by atoms with Gasteiger partial charge in [-0.2, -0.15) is 5.26 Å². The van der Waals surface area contributed by atoms with E-state index in [-0.39, 0.29) is 5.56 Å². The first-order valence-electron chi connectivity index (χ1n) is 5.49. The second kappa shape index (κ2) is 5.38. The van der Waals surface area contributed by atoms with Gasteiger partial charge < -0.3 is 4.74 Å². The molecule has 3 nitrogen and oxygen atoms in total. The highest BCUT2D eigenvalue weighted by Crippen LogP contribution is 2.25. The molecular formula is C12H11F3N2O. The molecule has 1 atom stereocenters. The molecule has 0 amide bonds. The van der Waals surface area contributed by atoms with Crippen LogP contribution in [0.5, 0.6) is 0 Å². The van der Waals surface area contributed by atoms with Crippen molar-refractivity contribution in [1.82, 2.24) is 4.90 Å². The van der Waals surface area contributed by atoms with Gasteiger partial charge in [-0.1, -0.05) is 0 Å². The summed E-state index contributed by atoms with van der Waals surface area (Å²) in [5, 5.41) is 9.10. The highest BCUT2D eigenvalue weighted by molar-refractivity contribution is 5.27. The van der Waals surface area contributed by atoms with Crippen molar-refractivity contribution in [3.63, 3.8) is 0 Å². The average molecular weight is 256 g/mol. The molecule has 96 valence electrons. The molecule has 1 aromatic carbocycles. The van der Waals surface area contributed by atoms with E-state index in [1.165, 1.54) is 0 Å². The van der Waals surface area contributed by atoms with E-state index in [2.05, 4.69) is 0 Å². The summed E-state index contributed by atoms with van der Waals surface area (Å²) in [7, 11) is 0. The molecule has 1 aliphatic rings. The molecule has 0 radical (unpaired) electrons. The van der Waals surface area contributed by atoms with Crippen molar-refractivity contribution >= 4 is 0 Å². The Kier molecular flexibility index (Phi) is 3.84. The third kappa shape index (κ3) is 2.47. The van der Waals surface area contributed by atoms with Gasteiger partial charge in [0.1, 0.15) is 11.9 Å². The van der Waals surface area contributed by atoms with Crippen LogP contribution in [0.3, 0.4) is 0 Å². The summed E-state index contributed by atoms with van der Waals surface area (Å²) < 4.78 is 44.7. The molecule has 1 fully saturated rings. The molecule has 1 aliphatic heterocycles. The van der Waals surface area contributed by atoms with E-state index in [4.69, 9.17) is 10.00 Å². The zero-order chi connectivity index (χ0) is 13.1. The van der Waals surface area contributed by atoms with Crippen molar-refractivity contribution in [2.75, 3.05) is 26.3 Å². The van der Waals surface area contributed by atoms with Crippen LogP contribution in [0.2, 0.25) is 0 Å². The largest absolute Gasteiger partial charge is 0.379 e. The lowest BCUT2D eigenvalue weighted by atomic mass is 10.0. The average Bonchev–Trinajstić information content (AvgIpc) is 2.38. The zero-order valence-corrected chi connectivity index (χ0v) is 9.50. The van der Waals surface area contributed by atoms with Gasteiger partial charge in [-0.25, -0.2) is 13.2 Å². The third-order valence-corrected chi connectivity index (χ3v) is 2.87. The Morgan fingerprint density at radius 1 is 1.11 bits per heavy atom. The van der Waals surface area contributed by atoms with Crippen LogP contribution in [0.1, 0.15) is 11.6 Å².